The molecule has 0 unspecified atom stereocenters. The number of pyridine rings is 1. The number of nitrogens with zero attached hydrogens (tertiary/aromatic N) is 3. The van der Waals surface area contributed by atoms with Crippen molar-refractivity contribution < 1.29 is 10.2 Å². The molecule has 116 valence electrons. The Morgan fingerprint density at radius 2 is 1.91 bits per heavy atom. The highest BCUT2D eigenvalue weighted by atomic mass is 16.3. The second-order valence-electron chi connectivity index (χ2n) is 5.25. The molecule has 0 fully saturated rings. The molecule has 5 nitrogen and oxygen atoms in total. The van der Waals surface area contributed by atoms with Crippen LogP contribution in [0.4, 0.5) is 0 Å². The van der Waals surface area contributed by atoms with Crippen LogP contribution in [-0.2, 0) is 0 Å². The Morgan fingerprint density at radius 3 is 2.65 bits per heavy atom. The van der Waals surface area contributed by atoms with E-state index >= 15 is 0 Å². The SMILES string of the molecule is C/C=C\n1cc(-c2ccncc2O)nc1-c1cc(C)ccc1O. The van der Waals surface area contributed by atoms with Gasteiger partial charge in [0.15, 0.2) is 0 Å². The lowest BCUT2D eigenvalue weighted by Crippen LogP contribution is -1.91. The summed E-state index contributed by atoms with van der Waals surface area (Å²) in [5.74, 6) is 0.839. The Balaban J connectivity index is 2.21. The van der Waals surface area contributed by atoms with E-state index in [0.717, 1.165) is 5.56 Å². The molecule has 3 rings (SSSR count). The maximum Gasteiger partial charge on any atom is 0.148 e. The summed E-state index contributed by atoms with van der Waals surface area (Å²) in [6.45, 7) is 3.87. The second kappa shape index (κ2) is 5.96. The zero-order chi connectivity index (χ0) is 16.4. The second-order valence-corrected chi connectivity index (χ2v) is 5.25. The van der Waals surface area contributed by atoms with E-state index in [2.05, 4.69) is 9.97 Å². The van der Waals surface area contributed by atoms with Gasteiger partial charge in [-0.2, -0.15) is 0 Å². The first-order valence-corrected chi connectivity index (χ1v) is 7.25. The minimum atomic E-state index is 0.0673. The van der Waals surface area contributed by atoms with Crippen LogP contribution >= 0.6 is 0 Å². The highest BCUT2D eigenvalue weighted by molar-refractivity contribution is 5.73. The van der Waals surface area contributed by atoms with Gasteiger partial charge in [0.2, 0.25) is 0 Å². The van der Waals surface area contributed by atoms with Crippen LogP contribution in [0.2, 0.25) is 0 Å². The third kappa shape index (κ3) is 2.81. The minimum Gasteiger partial charge on any atom is -0.507 e. The van der Waals surface area contributed by atoms with Gasteiger partial charge >= 0.3 is 0 Å². The van der Waals surface area contributed by atoms with Gasteiger partial charge in [0.05, 0.1) is 17.5 Å². The molecule has 1 aromatic carbocycles. The van der Waals surface area contributed by atoms with E-state index in [1.165, 1.54) is 6.20 Å². The fourth-order valence-corrected chi connectivity index (χ4v) is 2.43. The summed E-state index contributed by atoms with van der Waals surface area (Å²) >= 11 is 0. The van der Waals surface area contributed by atoms with Crippen LogP contribution in [0.15, 0.2) is 48.9 Å². The number of phenolic OH excluding ortho intramolecular Hbond substituents is 1. The van der Waals surface area contributed by atoms with E-state index in [1.807, 2.05) is 49.0 Å². The van der Waals surface area contributed by atoms with Crippen LogP contribution in [0.3, 0.4) is 0 Å². The molecule has 2 heterocycles. The van der Waals surface area contributed by atoms with Crippen molar-refractivity contribution in [2.24, 2.45) is 0 Å². The summed E-state index contributed by atoms with van der Waals surface area (Å²) < 4.78 is 1.82. The highest BCUT2D eigenvalue weighted by Crippen LogP contribution is 2.34. The van der Waals surface area contributed by atoms with Crippen molar-refractivity contribution in [1.82, 2.24) is 14.5 Å². The van der Waals surface area contributed by atoms with Gasteiger partial charge in [-0.15, -0.1) is 0 Å². The van der Waals surface area contributed by atoms with Gasteiger partial charge in [0, 0.05) is 24.2 Å². The number of aryl methyl sites for hydroxylation is 1. The summed E-state index contributed by atoms with van der Waals surface area (Å²) in [5, 5.41) is 20.2. The summed E-state index contributed by atoms with van der Waals surface area (Å²) in [7, 11) is 0. The van der Waals surface area contributed by atoms with E-state index < -0.39 is 0 Å². The van der Waals surface area contributed by atoms with Crippen molar-refractivity contribution in [3.63, 3.8) is 0 Å². The number of imidazole rings is 1. The smallest absolute Gasteiger partial charge is 0.148 e. The molecule has 0 aliphatic heterocycles. The summed E-state index contributed by atoms with van der Waals surface area (Å²) in [5.41, 5.74) is 2.87. The Labute approximate surface area is 134 Å². The molecule has 3 aromatic rings. The van der Waals surface area contributed by atoms with Crippen LogP contribution < -0.4 is 0 Å². The first-order chi connectivity index (χ1) is 11.1. The Bertz CT molecular complexity index is 882. The van der Waals surface area contributed by atoms with Crippen LogP contribution in [0, 0.1) is 6.92 Å². The van der Waals surface area contributed by atoms with E-state index in [4.69, 9.17) is 0 Å². The Kier molecular flexibility index (Phi) is 3.85. The first kappa shape index (κ1) is 14.8. The number of aromatic hydroxyl groups is 2. The molecule has 23 heavy (non-hydrogen) atoms. The zero-order valence-electron chi connectivity index (χ0n) is 12.9. The molecule has 0 saturated carbocycles. The topological polar surface area (TPSA) is 71.2 Å². The van der Waals surface area contributed by atoms with Gasteiger partial charge in [0.1, 0.15) is 17.3 Å². The van der Waals surface area contributed by atoms with E-state index in [-0.39, 0.29) is 11.5 Å². The number of allylic oxidation sites excluding steroid dienone is 1. The molecule has 0 bridgehead atoms. The molecule has 0 aliphatic rings. The van der Waals surface area contributed by atoms with Crippen molar-refractivity contribution in [2.75, 3.05) is 0 Å². The predicted molar refractivity (Wildman–Crippen MR) is 90.0 cm³/mol. The molecular weight excluding hydrogens is 290 g/mol. The first-order valence-electron chi connectivity index (χ1n) is 7.25. The fourth-order valence-electron chi connectivity index (χ4n) is 2.43. The van der Waals surface area contributed by atoms with Crippen molar-refractivity contribution in [1.29, 1.82) is 0 Å². The van der Waals surface area contributed by atoms with Crippen LogP contribution in [-0.4, -0.2) is 24.7 Å². The lowest BCUT2D eigenvalue weighted by Gasteiger charge is -2.06. The van der Waals surface area contributed by atoms with Crippen LogP contribution in [0.1, 0.15) is 12.5 Å². The van der Waals surface area contributed by atoms with Gasteiger partial charge in [-0.3, -0.25) is 4.98 Å². The number of hydrogen-bond acceptors (Lipinski definition) is 4. The number of hydrogen-bond donors (Lipinski definition) is 2. The molecule has 0 spiro atoms. The molecule has 0 saturated heterocycles. The molecule has 5 heteroatoms. The van der Waals surface area contributed by atoms with Crippen molar-refractivity contribution >= 4 is 6.20 Å². The standard InChI is InChI=1S/C18H17N3O2/c1-3-8-21-11-15(13-6-7-19-10-17(13)23)20-18(21)14-9-12(2)4-5-16(14)22/h3-11,22-23H,1-2H3/b8-3-. The molecular formula is C18H17N3O2. The van der Waals surface area contributed by atoms with E-state index in [1.54, 1.807) is 18.3 Å². The average molecular weight is 307 g/mol. The summed E-state index contributed by atoms with van der Waals surface area (Å²) in [6, 6.07) is 7.09. The van der Waals surface area contributed by atoms with Gasteiger partial charge < -0.3 is 14.8 Å². The third-order valence-corrected chi connectivity index (χ3v) is 3.51. The zero-order valence-corrected chi connectivity index (χ0v) is 12.9. The van der Waals surface area contributed by atoms with Gasteiger partial charge in [0.25, 0.3) is 0 Å². The monoisotopic (exact) mass is 307 g/mol. The van der Waals surface area contributed by atoms with Crippen molar-refractivity contribution in [3.8, 4) is 34.1 Å². The fraction of sp³-hybridized carbons (Fsp3) is 0.111. The van der Waals surface area contributed by atoms with E-state index in [0.29, 0.717) is 22.6 Å². The number of benzene rings is 1. The van der Waals surface area contributed by atoms with Gasteiger partial charge in [-0.05, 0) is 32.0 Å². The molecule has 2 aromatic heterocycles. The van der Waals surface area contributed by atoms with Crippen LogP contribution in [0.5, 0.6) is 11.5 Å². The van der Waals surface area contributed by atoms with Gasteiger partial charge in [-0.1, -0.05) is 17.7 Å². The normalized spacial score (nSPS) is 11.2. The number of rotatable bonds is 3. The predicted octanol–water partition coefficient (Wildman–Crippen LogP) is 3.82. The van der Waals surface area contributed by atoms with Gasteiger partial charge in [-0.25, -0.2) is 4.98 Å². The lowest BCUT2D eigenvalue weighted by molar-refractivity contribution is 0.474. The highest BCUT2D eigenvalue weighted by Gasteiger charge is 2.15. The Morgan fingerprint density at radius 1 is 1.09 bits per heavy atom. The van der Waals surface area contributed by atoms with Crippen molar-refractivity contribution in [3.05, 3.63) is 54.5 Å². The molecule has 0 aliphatic carbocycles. The third-order valence-electron chi connectivity index (χ3n) is 3.51. The number of phenols is 1. The largest absolute Gasteiger partial charge is 0.507 e. The molecule has 0 atom stereocenters. The van der Waals surface area contributed by atoms with Crippen molar-refractivity contribution in [2.45, 2.75) is 13.8 Å². The summed E-state index contributed by atoms with van der Waals surface area (Å²) in [6.07, 6.45) is 8.54. The average Bonchev–Trinajstić information content (AvgIpc) is 2.94. The Hall–Kier alpha value is -3.08. The van der Waals surface area contributed by atoms with Crippen LogP contribution in [0.25, 0.3) is 28.8 Å². The summed E-state index contributed by atoms with van der Waals surface area (Å²) in [4.78, 5) is 8.48. The molecule has 0 radical (unpaired) electrons. The van der Waals surface area contributed by atoms with E-state index in [9.17, 15) is 10.2 Å². The minimum absolute atomic E-state index is 0.0673. The molecule has 0 amide bonds. The maximum absolute atomic E-state index is 10.2. The molecule has 2 N–H and O–H groups in total. The lowest BCUT2D eigenvalue weighted by atomic mass is 10.1. The maximum atomic E-state index is 10.2. The number of aromatic nitrogens is 3. The quantitative estimate of drug-likeness (QED) is 0.771.